The molecule has 15 heteroatoms. The number of fused-ring (bicyclic) bond motifs is 2. The van der Waals surface area contributed by atoms with E-state index in [1.54, 1.807) is 23.1 Å². The lowest BCUT2D eigenvalue weighted by molar-refractivity contribution is -0.668. The number of nitrogens with zero attached hydrogens (tertiary/aromatic N) is 3. The highest BCUT2D eigenvalue weighted by Gasteiger charge is 2.29. The van der Waals surface area contributed by atoms with E-state index in [9.17, 15) is 0 Å². The van der Waals surface area contributed by atoms with Gasteiger partial charge in [-0.3, -0.25) is 0 Å². The molecule has 318 valence electrons. The third kappa shape index (κ3) is 10.6. The molecule has 0 unspecified atom stereocenters. The minimum Gasteiger partial charge on any atom is -0.335 e. The van der Waals surface area contributed by atoms with Crippen molar-refractivity contribution < 1.29 is 33.8 Å². The summed E-state index contributed by atoms with van der Waals surface area (Å²) in [6.45, 7) is 1.44. The Morgan fingerprint density at radius 2 is 1.39 bits per heavy atom. The lowest BCUT2D eigenvalue weighted by Gasteiger charge is -2.28. The monoisotopic (exact) mass is 942 g/mol. The number of hydrogen-bond donors (Lipinski definition) is 2. The SMILES string of the molecule is OOOSCCCN1/C(=C/C=C2\CCC(/C=C/c3sc4cc(Cl)c(Cl)cc4[n+]3CCCSOOO)=C2N(c2ccccc2)c2ccccc2)Sc2ccc(-c3ccccc3)cc21. The van der Waals surface area contributed by atoms with Gasteiger partial charge in [-0.2, -0.15) is 4.57 Å². The molecule has 6 aromatic rings. The van der Waals surface area contributed by atoms with Gasteiger partial charge >= 0.3 is 0 Å². The Kier molecular flexibility index (Phi) is 15.8. The van der Waals surface area contributed by atoms with Crippen LogP contribution in [0.5, 0.6) is 0 Å². The summed E-state index contributed by atoms with van der Waals surface area (Å²) in [6.07, 6.45) is 12.3. The molecule has 9 nitrogen and oxygen atoms in total. The number of thioether (sulfide) groups is 1. The normalized spacial score (nSPS) is 15.3. The zero-order valence-corrected chi connectivity index (χ0v) is 38.0. The number of thiazole rings is 1. The molecule has 2 N–H and O–H groups in total. The number of allylic oxidation sites excluding steroid dienone is 5. The smallest absolute Gasteiger partial charge is 0.262 e. The minimum absolute atomic E-state index is 0.501. The average molecular weight is 944 g/mol. The van der Waals surface area contributed by atoms with Crippen molar-refractivity contribution in [2.45, 2.75) is 37.1 Å². The molecule has 1 aromatic heterocycles. The molecular weight excluding hydrogens is 902 g/mol. The van der Waals surface area contributed by atoms with Crippen LogP contribution in [-0.2, 0) is 25.3 Å². The summed E-state index contributed by atoms with van der Waals surface area (Å²) in [5, 5.41) is 28.1. The van der Waals surface area contributed by atoms with Gasteiger partial charge in [0.05, 0.1) is 26.5 Å². The quantitative estimate of drug-likeness (QED) is 0.0268. The summed E-state index contributed by atoms with van der Waals surface area (Å²) in [5.74, 6) is 1.25. The summed E-state index contributed by atoms with van der Waals surface area (Å²) >= 11 is 18.6. The number of benzene rings is 5. The number of halogens is 2. The van der Waals surface area contributed by atoms with E-state index >= 15 is 0 Å². The molecule has 0 bridgehead atoms. The first kappa shape index (κ1) is 44.5. The third-order valence-corrected chi connectivity index (χ3v) is 14.6. The van der Waals surface area contributed by atoms with Crippen molar-refractivity contribution in [3.05, 3.63) is 176 Å². The van der Waals surface area contributed by atoms with Crippen LogP contribution in [-0.4, -0.2) is 28.6 Å². The van der Waals surface area contributed by atoms with Crippen molar-refractivity contribution in [3.63, 3.8) is 0 Å². The number of anilines is 3. The van der Waals surface area contributed by atoms with E-state index in [-0.39, 0.29) is 0 Å². The fraction of sp³-hybridized carbons (Fsp3) is 0.170. The average Bonchev–Trinajstić information content (AvgIpc) is 3.98. The van der Waals surface area contributed by atoms with Crippen LogP contribution in [0.4, 0.5) is 17.1 Å². The molecule has 0 atom stereocenters. The molecule has 0 saturated heterocycles. The van der Waals surface area contributed by atoms with Crippen molar-refractivity contribution in [1.82, 2.24) is 0 Å². The van der Waals surface area contributed by atoms with Crippen LogP contribution in [0, 0.1) is 0 Å². The molecule has 62 heavy (non-hydrogen) atoms. The van der Waals surface area contributed by atoms with Gasteiger partial charge in [0.15, 0.2) is 6.54 Å². The standard InChI is InChI=1S/C47H41Cl2N3O6S4/c48-39-31-42-44(32-40(39)49)62-46(51(42)27-11-29-60-58-56-54)25-22-35-19-18-34(47(35)52(37-14-6-2-7-15-37)38-16-8-3-9-17-38)21-24-45-50(26-10-28-59-57-55-53)41-30-36(20-23-43(41)61-45)33-12-4-1-5-13-33/h1-9,12-17,20-25,30-32H,10-11,18-19,26-29H2,(H-,53,54)/p+1. The molecule has 2 aliphatic rings. The maximum absolute atomic E-state index is 8.69. The number of para-hydroxylation sites is 2. The predicted octanol–water partition coefficient (Wildman–Crippen LogP) is 14.4. The fourth-order valence-corrected chi connectivity index (χ4v) is 10.9. The molecule has 5 aromatic carbocycles. The Bertz CT molecular complexity index is 2550. The van der Waals surface area contributed by atoms with Crippen molar-refractivity contribution in [2.75, 3.05) is 27.9 Å². The van der Waals surface area contributed by atoms with E-state index in [1.165, 1.54) is 27.3 Å². The van der Waals surface area contributed by atoms with Gasteiger partial charge in [-0.1, -0.05) is 135 Å². The molecule has 1 aliphatic carbocycles. The van der Waals surface area contributed by atoms with Gasteiger partial charge < -0.3 is 9.80 Å². The van der Waals surface area contributed by atoms with E-state index in [4.69, 9.17) is 38.1 Å². The third-order valence-electron chi connectivity index (χ3n) is 10.4. The van der Waals surface area contributed by atoms with E-state index < -0.39 is 0 Å². The second kappa shape index (κ2) is 22.0. The number of aryl methyl sites for hydroxylation is 1. The van der Waals surface area contributed by atoms with E-state index in [0.717, 1.165) is 99.2 Å². The minimum atomic E-state index is 0.501. The van der Waals surface area contributed by atoms with Crippen molar-refractivity contribution in [1.29, 1.82) is 0 Å². The molecule has 0 fully saturated rings. The molecule has 0 saturated carbocycles. The molecule has 0 spiro atoms. The van der Waals surface area contributed by atoms with E-state index in [1.807, 2.05) is 30.3 Å². The van der Waals surface area contributed by atoms with Crippen LogP contribution < -0.4 is 14.4 Å². The summed E-state index contributed by atoms with van der Waals surface area (Å²) in [5.41, 5.74) is 10.2. The van der Waals surface area contributed by atoms with Gasteiger partial charge in [0.1, 0.15) is 4.70 Å². The van der Waals surface area contributed by atoms with Crippen molar-refractivity contribution in [3.8, 4) is 11.1 Å². The predicted molar refractivity (Wildman–Crippen MR) is 257 cm³/mol. The van der Waals surface area contributed by atoms with Crippen molar-refractivity contribution in [2.24, 2.45) is 0 Å². The second-order valence-corrected chi connectivity index (χ2v) is 18.7. The van der Waals surface area contributed by atoms with Gasteiger partial charge in [0, 0.05) is 77.0 Å². The van der Waals surface area contributed by atoms with Crippen LogP contribution in [0.25, 0.3) is 27.4 Å². The zero-order valence-electron chi connectivity index (χ0n) is 33.3. The number of aromatic nitrogens is 1. The zero-order chi connectivity index (χ0) is 42.7. The lowest BCUT2D eigenvalue weighted by atomic mass is 10.0. The van der Waals surface area contributed by atoms with Crippen molar-refractivity contribution >= 4 is 104 Å². The van der Waals surface area contributed by atoms with Gasteiger partial charge in [0.2, 0.25) is 5.52 Å². The molecule has 0 radical (unpaired) electrons. The summed E-state index contributed by atoms with van der Waals surface area (Å²) in [4.78, 5) is 5.96. The summed E-state index contributed by atoms with van der Waals surface area (Å²) < 4.78 is 12.6. The van der Waals surface area contributed by atoms with Crippen LogP contribution in [0.15, 0.2) is 166 Å². The Morgan fingerprint density at radius 3 is 2.08 bits per heavy atom. The Hall–Kier alpha value is -4.06. The van der Waals surface area contributed by atoms with Gasteiger partial charge in [-0.25, -0.2) is 10.5 Å². The van der Waals surface area contributed by atoms with E-state index in [2.05, 4.69) is 144 Å². The number of rotatable bonds is 19. The first-order valence-corrected chi connectivity index (χ1v) is 24.1. The number of hydrogen-bond acceptors (Lipinski definition) is 12. The highest BCUT2D eigenvalue weighted by Crippen LogP contribution is 2.48. The van der Waals surface area contributed by atoms with Crippen LogP contribution in [0.1, 0.15) is 30.7 Å². The Balaban J connectivity index is 1.20. The first-order valence-electron chi connectivity index (χ1n) is 19.9. The van der Waals surface area contributed by atoms with Gasteiger partial charge in [-0.15, -0.1) is 8.67 Å². The highest BCUT2D eigenvalue weighted by molar-refractivity contribution is 8.03. The Labute approximate surface area is 387 Å². The second-order valence-electron chi connectivity index (χ2n) is 14.2. The topological polar surface area (TPSA) is 87.7 Å². The molecule has 8 rings (SSSR count). The first-order chi connectivity index (χ1) is 30.5. The molecular formula is C47H42Cl2N3O6S4+. The largest absolute Gasteiger partial charge is 0.335 e. The van der Waals surface area contributed by atoms with Crippen LogP contribution in [0.3, 0.4) is 0 Å². The maximum atomic E-state index is 8.69. The van der Waals surface area contributed by atoms with Crippen LogP contribution >= 0.6 is 70.4 Å². The maximum Gasteiger partial charge on any atom is 0.262 e. The lowest BCUT2D eigenvalue weighted by Crippen LogP contribution is -2.35. The molecule has 0 amide bonds. The van der Waals surface area contributed by atoms with E-state index in [0.29, 0.717) is 28.1 Å². The van der Waals surface area contributed by atoms with Gasteiger partial charge in [-0.05, 0) is 96.2 Å². The fourth-order valence-electron chi connectivity index (χ4n) is 7.62. The van der Waals surface area contributed by atoms with Crippen LogP contribution in [0.2, 0.25) is 10.0 Å². The summed E-state index contributed by atoms with van der Waals surface area (Å²) in [6, 6.07) is 42.1. The Morgan fingerprint density at radius 1 is 0.726 bits per heavy atom. The summed E-state index contributed by atoms with van der Waals surface area (Å²) in [7, 11) is 0. The van der Waals surface area contributed by atoms with Gasteiger partial charge in [0.25, 0.3) is 5.01 Å². The molecule has 2 heterocycles. The molecule has 1 aliphatic heterocycles. The highest BCUT2D eigenvalue weighted by atomic mass is 35.5.